The number of benzene rings is 1. The first-order chi connectivity index (χ1) is 11.6. The fourth-order valence-corrected chi connectivity index (χ4v) is 2.53. The highest BCUT2D eigenvalue weighted by Crippen LogP contribution is 2.11. The molecule has 124 valence electrons. The molecule has 0 aliphatic rings. The SMILES string of the molecule is C[C@@H](CCCc1cnc(N)nc1)NC(=O)c1nc2ccccc2[nH]1. The molecule has 0 spiro atoms. The number of rotatable bonds is 6. The van der Waals surface area contributed by atoms with Gasteiger partial charge in [0.2, 0.25) is 5.95 Å². The van der Waals surface area contributed by atoms with Crippen molar-refractivity contribution in [2.45, 2.75) is 32.2 Å². The summed E-state index contributed by atoms with van der Waals surface area (Å²) in [5.41, 5.74) is 8.15. The Kier molecular flexibility index (Phi) is 4.69. The number of carbonyl (C=O) groups is 1. The van der Waals surface area contributed by atoms with Crippen molar-refractivity contribution in [3.8, 4) is 0 Å². The van der Waals surface area contributed by atoms with Gasteiger partial charge in [-0.15, -0.1) is 0 Å². The molecule has 0 aliphatic carbocycles. The molecule has 0 saturated carbocycles. The van der Waals surface area contributed by atoms with E-state index in [-0.39, 0.29) is 17.9 Å². The third kappa shape index (κ3) is 3.87. The van der Waals surface area contributed by atoms with Crippen molar-refractivity contribution in [3.63, 3.8) is 0 Å². The van der Waals surface area contributed by atoms with Gasteiger partial charge in [-0.2, -0.15) is 0 Å². The van der Waals surface area contributed by atoms with E-state index in [0.717, 1.165) is 35.9 Å². The molecule has 3 aromatic rings. The number of para-hydroxylation sites is 2. The second-order valence-corrected chi connectivity index (χ2v) is 5.82. The minimum Gasteiger partial charge on any atom is -0.368 e. The first-order valence-corrected chi connectivity index (χ1v) is 7.94. The number of amides is 1. The minimum absolute atomic E-state index is 0.0559. The molecular weight excluding hydrogens is 304 g/mol. The molecule has 4 N–H and O–H groups in total. The predicted octanol–water partition coefficient (Wildman–Crippen LogP) is 2.08. The Morgan fingerprint density at radius 1 is 1.29 bits per heavy atom. The summed E-state index contributed by atoms with van der Waals surface area (Å²) in [4.78, 5) is 27.5. The number of anilines is 1. The number of aromatic amines is 1. The summed E-state index contributed by atoms with van der Waals surface area (Å²) in [6, 6.07) is 7.64. The van der Waals surface area contributed by atoms with Gasteiger partial charge in [0.25, 0.3) is 5.91 Å². The maximum Gasteiger partial charge on any atom is 0.287 e. The number of fused-ring (bicyclic) bond motifs is 1. The van der Waals surface area contributed by atoms with E-state index in [0.29, 0.717) is 5.82 Å². The van der Waals surface area contributed by atoms with Crippen LogP contribution in [0.25, 0.3) is 11.0 Å². The molecule has 0 aliphatic heterocycles. The third-order valence-electron chi connectivity index (χ3n) is 3.81. The highest BCUT2D eigenvalue weighted by Gasteiger charge is 2.13. The molecule has 0 fully saturated rings. The molecule has 2 heterocycles. The Bertz CT molecular complexity index is 793. The lowest BCUT2D eigenvalue weighted by Crippen LogP contribution is -2.33. The molecule has 0 unspecified atom stereocenters. The van der Waals surface area contributed by atoms with Crippen LogP contribution in [0.15, 0.2) is 36.7 Å². The maximum atomic E-state index is 12.3. The monoisotopic (exact) mass is 324 g/mol. The molecule has 0 bridgehead atoms. The average molecular weight is 324 g/mol. The second kappa shape index (κ2) is 7.08. The average Bonchev–Trinajstić information content (AvgIpc) is 3.01. The molecule has 0 saturated heterocycles. The van der Waals surface area contributed by atoms with E-state index >= 15 is 0 Å². The van der Waals surface area contributed by atoms with E-state index in [1.807, 2.05) is 31.2 Å². The second-order valence-electron chi connectivity index (χ2n) is 5.82. The third-order valence-corrected chi connectivity index (χ3v) is 3.81. The Labute approximate surface area is 139 Å². The summed E-state index contributed by atoms with van der Waals surface area (Å²) >= 11 is 0. The Morgan fingerprint density at radius 2 is 2.04 bits per heavy atom. The normalized spacial score (nSPS) is 12.2. The van der Waals surface area contributed by atoms with Crippen molar-refractivity contribution >= 4 is 22.9 Å². The summed E-state index contributed by atoms with van der Waals surface area (Å²) in [7, 11) is 0. The summed E-state index contributed by atoms with van der Waals surface area (Å²) in [5, 5.41) is 2.97. The van der Waals surface area contributed by atoms with Gasteiger partial charge in [0, 0.05) is 18.4 Å². The summed E-state index contributed by atoms with van der Waals surface area (Å²) in [6.07, 6.45) is 6.11. The first kappa shape index (κ1) is 15.9. The van der Waals surface area contributed by atoms with Gasteiger partial charge in [0.15, 0.2) is 5.82 Å². The van der Waals surface area contributed by atoms with Gasteiger partial charge in [-0.25, -0.2) is 15.0 Å². The van der Waals surface area contributed by atoms with E-state index in [9.17, 15) is 4.79 Å². The topological polar surface area (TPSA) is 110 Å². The lowest BCUT2D eigenvalue weighted by atomic mass is 10.1. The van der Waals surface area contributed by atoms with Crippen LogP contribution in [0.4, 0.5) is 5.95 Å². The van der Waals surface area contributed by atoms with Crippen LogP contribution in [0.5, 0.6) is 0 Å². The van der Waals surface area contributed by atoms with Crippen LogP contribution in [0.2, 0.25) is 0 Å². The highest BCUT2D eigenvalue weighted by atomic mass is 16.2. The van der Waals surface area contributed by atoms with Crippen LogP contribution in [0, 0.1) is 0 Å². The van der Waals surface area contributed by atoms with Crippen LogP contribution < -0.4 is 11.1 Å². The number of carbonyl (C=O) groups excluding carboxylic acids is 1. The Morgan fingerprint density at radius 3 is 2.79 bits per heavy atom. The van der Waals surface area contributed by atoms with Crippen molar-refractivity contribution in [1.29, 1.82) is 0 Å². The zero-order valence-corrected chi connectivity index (χ0v) is 13.5. The molecule has 7 heteroatoms. The maximum absolute atomic E-state index is 12.3. The largest absolute Gasteiger partial charge is 0.368 e. The summed E-state index contributed by atoms with van der Waals surface area (Å²) in [6.45, 7) is 1.99. The highest BCUT2D eigenvalue weighted by molar-refractivity contribution is 5.94. The number of nitrogens with zero attached hydrogens (tertiary/aromatic N) is 3. The Balaban J connectivity index is 1.49. The summed E-state index contributed by atoms with van der Waals surface area (Å²) in [5.74, 6) is 0.440. The molecule has 1 amide bonds. The number of H-pyrrole nitrogens is 1. The van der Waals surface area contributed by atoms with Gasteiger partial charge in [0.05, 0.1) is 11.0 Å². The standard InChI is InChI=1S/C17H20N6O/c1-11(5-4-6-12-9-19-17(18)20-10-12)21-16(24)15-22-13-7-2-3-8-14(13)23-15/h2-3,7-11H,4-6H2,1H3,(H,21,24)(H,22,23)(H2,18,19,20)/t11-/m0/s1. The van der Waals surface area contributed by atoms with Crippen LogP contribution in [-0.4, -0.2) is 31.9 Å². The lowest BCUT2D eigenvalue weighted by molar-refractivity contribution is 0.0929. The number of imidazole rings is 1. The minimum atomic E-state index is -0.186. The fraction of sp³-hybridized carbons (Fsp3) is 0.294. The molecule has 1 aromatic carbocycles. The van der Waals surface area contributed by atoms with E-state index in [1.54, 1.807) is 12.4 Å². The molecular formula is C17H20N6O. The van der Waals surface area contributed by atoms with Crippen molar-refractivity contribution < 1.29 is 4.79 Å². The van der Waals surface area contributed by atoms with Crippen LogP contribution in [0.3, 0.4) is 0 Å². The molecule has 2 aromatic heterocycles. The van der Waals surface area contributed by atoms with Crippen molar-refractivity contribution in [1.82, 2.24) is 25.3 Å². The number of nitrogens with one attached hydrogen (secondary N) is 2. The fourth-order valence-electron chi connectivity index (χ4n) is 2.53. The van der Waals surface area contributed by atoms with Crippen LogP contribution >= 0.6 is 0 Å². The van der Waals surface area contributed by atoms with Crippen LogP contribution in [-0.2, 0) is 6.42 Å². The van der Waals surface area contributed by atoms with Gasteiger partial charge in [-0.3, -0.25) is 4.79 Å². The van der Waals surface area contributed by atoms with E-state index < -0.39 is 0 Å². The van der Waals surface area contributed by atoms with Crippen molar-refractivity contribution in [2.75, 3.05) is 5.73 Å². The van der Waals surface area contributed by atoms with E-state index in [4.69, 9.17) is 5.73 Å². The molecule has 0 radical (unpaired) electrons. The first-order valence-electron chi connectivity index (χ1n) is 7.94. The van der Waals surface area contributed by atoms with E-state index in [1.165, 1.54) is 0 Å². The van der Waals surface area contributed by atoms with Crippen LogP contribution in [0.1, 0.15) is 35.9 Å². The van der Waals surface area contributed by atoms with Gasteiger partial charge in [0.1, 0.15) is 0 Å². The quantitative estimate of drug-likeness (QED) is 0.643. The number of aryl methyl sites for hydroxylation is 1. The number of aromatic nitrogens is 4. The lowest BCUT2D eigenvalue weighted by Gasteiger charge is -2.12. The molecule has 3 rings (SSSR count). The van der Waals surface area contributed by atoms with Crippen molar-refractivity contribution in [2.24, 2.45) is 0 Å². The number of hydrogen-bond acceptors (Lipinski definition) is 5. The van der Waals surface area contributed by atoms with Crippen molar-refractivity contribution in [3.05, 3.63) is 48.0 Å². The smallest absolute Gasteiger partial charge is 0.287 e. The number of hydrogen-bond donors (Lipinski definition) is 3. The van der Waals surface area contributed by atoms with Gasteiger partial charge in [-0.05, 0) is 43.9 Å². The van der Waals surface area contributed by atoms with Gasteiger partial charge < -0.3 is 16.0 Å². The Hall–Kier alpha value is -2.96. The zero-order chi connectivity index (χ0) is 16.9. The van der Waals surface area contributed by atoms with E-state index in [2.05, 4.69) is 25.3 Å². The molecule has 7 nitrogen and oxygen atoms in total. The zero-order valence-electron chi connectivity index (χ0n) is 13.5. The predicted molar refractivity (Wildman–Crippen MR) is 92.4 cm³/mol. The number of nitrogens with two attached hydrogens (primary N) is 1. The molecule has 1 atom stereocenters. The molecule has 24 heavy (non-hydrogen) atoms. The number of nitrogen functional groups attached to an aromatic ring is 1. The summed E-state index contributed by atoms with van der Waals surface area (Å²) < 4.78 is 0. The van der Waals surface area contributed by atoms with Gasteiger partial charge in [-0.1, -0.05) is 12.1 Å². The van der Waals surface area contributed by atoms with Gasteiger partial charge >= 0.3 is 0 Å².